The highest BCUT2D eigenvalue weighted by molar-refractivity contribution is 6.34. The van der Waals surface area contributed by atoms with Crippen LogP contribution in [0, 0.1) is 0 Å². The second-order valence-corrected chi connectivity index (χ2v) is 4.46. The number of hydrogen-bond acceptors (Lipinski definition) is 3. The van der Waals surface area contributed by atoms with Crippen LogP contribution in [0.25, 0.3) is 0 Å². The van der Waals surface area contributed by atoms with E-state index in [0.717, 1.165) is 17.7 Å². The van der Waals surface area contributed by atoms with Gasteiger partial charge in [-0.25, -0.2) is 4.98 Å². The first-order valence-corrected chi connectivity index (χ1v) is 6.30. The number of halogens is 1. The van der Waals surface area contributed by atoms with Crippen molar-refractivity contribution >= 4 is 29.0 Å². The summed E-state index contributed by atoms with van der Waals surface area (Å²) in [4.78, 5) is 16.0. The SMILES string of the molecule is CCc1ccccc1NC(=O)c1cc(N)ncc1Cl. The maximum atomic E-state index is 12.2. The minimum Gasteiger partial charge on any atom is -0.384 e. The molecule has 0 spiro atoms. The lowest BCUT2D eigenvalue weighted by Crippen LogP contribution is -2.14. The number of anilines is 2. The molecule has 0 bridgehead atoms. The highest BCUT2D eigenvalue weighted by Crippen LogP contribution is 2.20. The molecule has 2 rings (SSSR count). The molecule has 0 aliphatic carbocycles. The van der Waals surface area contributed by atoms with Gasteiger partial charge < -0.3 is 11.1 Å². The molecule has 98 valence electrons. The number of nitrogens with one attached hydrogen (secondary N) is 1. The topological polar surface area (TPSA) is 68.0 Å². The molecule has 1 aromatic carbocycles. The number of amides is 1. The van der Waals surface area contributed by atoms with Crippen LogP contribution in [0.1, 0.15) is 22.8 Å². The molecule has 19 heavy (non-hydrogen) atoms. The Morgan fingerprint density at radius 3 is 2.89 bits per heavy atom. The van der Waals surface area contributed by atoms with E-state index in [9.17, 15) is 4.79 Å². The van der Waals surface area contributed by atoms with E-state index in [1.165, 1.54) is 12.3 Å². The fourth-order valence-corrected chi connectivity index (χ4v) is 1.96. The second kappa shape index (κ2) is 5.71. The van der Waals surface area contributed by atoms with Crippen LogP contribution < -0.4 is 11.1 Å². The van der Waals surface area contributed by atoms with Crippen molar-refractivity contribution in [1.82, 2.24) is 4.98 Å². The highest BCUT2D eigenvalue weighted by atomic mass is 35.5. The Hall–Kier alpha value is -2.07. The molecular formula is C14H14ClN3O. The smallest absolute Gasteiger partial charge is 0.257 e. The number of hydrogen-bond donors (Lipinski definition) is 2. The molecule has 1 aromatic heterocycles. The van der Waals surface area contributed by atoms with Crippen molar-refractivity contribution in [3.63, 3.8) is 0 Å². The lowest BCUT2D eigenvalue weighted by molar-refractivity contribution is 0.102. The zero-order valence-corrected chi connectivity index (χ0v) is 11.2. The molecule has 0 saturated carbocycles. The normalized spacial score (nSPS) is 10.2. The van der Waals surface area contributed by atoms with Crippen molar-refractivity contribution in [3.05, 3.63) is 52.7 Å². The van der Waals surface area contributed by atoms with Crippen LogP contribution in [0.15, 0.2) is 36.5 Å². The largest absolute Gasteiger partial charge is 0.384 e. The molecule has 4 nitrogen and oxygen atoms in total. The lowest BCUT2D eigenvalue weighted by Gasteiger charge is -2.10. The van der Waals surface area contributed by atoms with Crippen molar-refractivity contribution in [1.29, 1.82) is 0 Å². The summed E-state index contributed by atoms with van der Waals surface area (Å²) in [5, 5.41) is 3.12. The van der Waals surface area contributed by atoms with Crippen molar-refractivity contribution < 1.29 is 4.79 Å². The average molecular weight is 276 g/mol. The molecule has 2 aromatic rings. The van der Waals surface area contributed by atoms with Gasteiger partial charge in [0.05, 0.1) is 10.6 Å². The number of aromatic nitrogens is 1. The summed E-state index contributed by atoms with van der Waals surface area (Å²) in [7, 11) is 0. The number of rotatable bonds is 3. The number of nitrogens with zero attached hydrogens (tertiary/aromatic N) is 1. The van der Waals surface area contributed by atoms with Crippen molar-refractivity contribution in [3.8, 4) is 0 Å². The van der Waals surface area contributed by atoms with Gasteiger partial charge in [0.2, 0.25) is 0 Å². The Bertz CT molecular complexity index is 613. The van der Waals surface area contributed by atoms with Gasteiger partial charge >= 0.3 is 0 Å². The summed E-state index contributed by atoms with van der Waals surface area (Å²) in [6, 6.07) is 9.10. The molecule has 0 unspecified atom stereocenters. The zero-order chi connectivity index (χ0) is 13.8. The van der Waals surface area contributed by atoms with Crippen LogP contribution in [0.3, 0.4) is 0 Å². The minimum atomic E-state index is -0.292. The summed E-state index contributed by atoms with van der Waals surface area (Å²) in [5.41, 5.74) is 7.73. The lowest BCUT2D eigenvalue weighted by atomic mass is 10.1. The number of carbonyl (C=O) groups excluding carboxylic acids is 1. The van der Waals surface area contributed by atoms with Crippen LogP contribution in [0.5, 0.6) is 0 Å². The number of benzene rings is 1. The summed E-state index contributed by atoms with van der Waals surface area (Å²) < 4.78 is 0. The van der Waals surface area contributed by atoms with Gasteiger partial charge in [-0.3, -0.25) is 4.79 Å². The van der Waals surface area contributed by atoms with E-state index >= 15 is 0 Å². The van der Waals surface area contributed by atoms with Gasteiger partial charge in [0.1, 0.15) is 5.82 Å². The monoisotopic (exact) mass is 275 g/mol. The number of nitrogen functional groups attached to an aromatic ring is 1. The molecule has 0 saturated heterocycles. The number of aryl methyl sites for hydroxylation is 1. The van der Waals surface area contributed by atoms with E-state index in [-0.39, 0.29) is 16.7 Å². The van der Waals surface area contributed by atoms with E-state index in [1.807, 2.05) is 31.2 Å². The number of para-hydroxylation sites is 1. The third-order valence-corrected chi connectivity index (χ3v) is 3.07. The maximum absolute atomic E-state index is 12.2. The van der Waals surface area contributed by atoms with Crippen LogP contribution in [-0.4, -0.2) is 10.9 Å². The first-order chi connectivity index (χ1) is 9.11. The van der Waals surface area contributed by atoms with Crippen LogP contribution >= 0.6 is 11.6 Å². The zero-order valence-electron chi connectivity index (χ0n) is 10.5. The molecule has 1 amide bonds. The molecule has 1 heterocycles. The Morgan fingerprint density at radius 1 is 1.42 bits per heavy atom. The molecule has 0 radical (unpaired) electrons. The van der Waals surface area contributed by atoms with Crippen molar-refractivity contribution in [2.45, 2.75) is 13.3 Å². The molecule has 3 N–H and O–H groups in total. The van der Waals surface area contributed by atoms with Crippen molar-refractivity contribution in [2.24, 2.45) is 0 Å². The number of nitrogens with two attached hydrogens (primary N) is 1. The molecule has 0 atom stereocenters. The predicted molar refractivity (Wildman–Crippen MR) is 77.4 cm³/mol. The Kier molecular flexibility index (Phi) is 4.02. The Labute approximate surface area is 116 Å². The van der Waals surface area contributed by atoms with Crippen LogP contribution in [-0.2, 0) is 6.42 Å². The minimum absolute atomic E-state index is 0.262. The summed E-state index contributed by atoms with van der Waals surface area (Å²) in [6.45, 7) is 2.03. The summed E-state index contributed by atoms with van der Waals surface area (Å²) in [5.74, 6) is -0.0293. The van der Waals surface area contributed by atoms with Crippen LogP contribution in [0.4, 0.5) is 11.5 Å². The number of pyridine rings is 1. The Balaban J connectivity index is 2.28. The first kappa shape index (κ1) is 13.4. The maximum Gasteiger partial charge on any atom is 0.257 e. The quantitative estimate of drug-likeness (QED) is 0.904. The van der Waals surface area contributed by atoms with Gasteiger partial charge in [-0.2, -0.15) is 0 Å². The fourth-order valence-electron chi connectivity index (χ4n) is 1.77. The molecule has 0 fully saturated rings. The van der Waals surface area contributed by atoms with E-state index in [1.54, 1.807) is 0 Å². The third-order valence-electron chi connectivity index (χ3n) is 2.77. The van der Waals surface area contributed by atoms with Gasteiger partial charge in [0.25, 0.3) is 5.91 Å². The van der Waals surface area contributed by atoms with Crippen molar-refractivity contribution in [2.75, 3.05) is 11.1 Å². The summed E-state index contributed by atoms with van der Waals surface area (Å²) >= 11 is 5.95. The van der Waals surface area contributed by atoms with Crippen LogP contribution in [0.2, 0.25) is 5.02 Å². The van der Waals surface area contributed by atoms with E-state index in [4.69, 9.17) is 17.3 Å². The van der Waals surface area contributed by atoms with Gasteiger partial charge in [-0.1, -0.05) is 36.7 Å². The molecular weight excluding hydrogens is 262 g/mol. The van der Waals surface area contributed by atoms with Gasteiger partial charge in [-0.05, 0) is 24.1 Å². The molecule has 0 aliphatic rings. The van der Waals surface area contributed by atoms with E-state index in [0.29, 0.717) is 5.56 Å². The van der Waals surface area contributed by atoms with Gasteiger partial charge in [0, 0.05) is 11.9 Å². The highest BCUT2D eigenvalue weighted by Gasteiger charge is 2.12. The van der Waals surface area contributed by atoms with Gasteiger partial charge in [0.15, 0.2) is 0 Å². The molecule has 0 aliphatic heterocycles. The number of carbonyl (C=O) groups is 1. The van der Waals surface area contributed by atoms with E-state index in [2.05, 4.69) is 10.3 Å². The first-order valence-electron chi connectivity index (χ1n) is 5.92. The van der Waals surface area contributed by atoms with E-state index < -0.39 is 0 Å². The average Bonchev–Trinajstić information content (AvgIpc) is 2.42. The van der Waals surface area contributed by atoms with Gasteiger partial charge in [-0.15, -0.1) is 0 Å². The standard InChI is InChI=1S/C14H14ClN3O/c1-2-9-5-3-4-6-12(9)18-14(19)10-7-13(16)17-8-11(10)15/h3-8H,2H2,1H3,(H2,16,17)(H,18,19). The fraction of sp³-hybridized carbons (Fsp3) is 0.143. The third kappa shape index (κ3) is 3.03. The molecule has 5 heteroatoms. The Morgan fingerprint density at radius 2 is 2.16 bits per heavy atom. The second-order valence-electron chi connectivity index (χ2n) is 4.05. The predicted octanol–water partition coefficient (Wildman–Crippen LogP) is 3.13. The summed E-state index contributed by atoms with van der Waals surface area (Å²) in [6.07, 6.45) is 2.21.